The lowest BCUT2D eigenvalue weighted by Crippen LogP contribution is -2.37. The van der Waals surface area contributed by atoms with Crippen molar-refractivity contribution in [3.05, 3.63) is 89.3 Å². The Hall–Kier alpha value is -3.14. The van der Waals surface area contributed by atoms with Gasteiger partial charge in [0.05, 0.1) is 20.7 Å². The molecule has 0 spiro atoms. The van der Waals surface area contributed by atoms with Crippen molar-refractivity contribution < 1.29 is 4.92 Å². The number of nitrogens with one attached hydrogen (secondary N) is 2. The molecule has 1 aliphatic rings. The Kier molecular flexibility index (Phi) is 5.57. The van der Waals surface area contributed by atoms with Crippen LogP contribution in [0.5, 0.6) is 0 Å². The fourth-order valence-electron chi connectivity index (χ4n) is 3.09. The van der Waals surface area contributed by atoms with E-state index < -0.39 is 16.6 Å². The standard InChI is InChI=1S/C19H13Cl3N6O3/c1-9-7-15(29)27-17(11-8-10(28(30)31)5-6-12(11)20)25-18(26-19(27)23-9)24-14-4-2-3-13(21)16(14)22/h2-8,17H,1H3,(H2,23,24,25,26). The molecule has 2 aromatic carbocycles. The van der Waals surface area contributed by atoms with Crippen LogP contribution in [-0.4, -0.2) is 20.4 Å². The first-order valence-corrected chi connectivity index (χ1v) is 9.98. The van der Waals surface area contributed by atoms with Gasteiger partial charge in [0.2, 0.25) is 11.9 Å². The zero-order valence-electron chi connectivity index (χ0n) is 15.8. The van der Waals surface area contributed by atoms with Crippen LogP contribution in [0, 0.1) is 17.0 Å². The monoisotopic (exact) mass is 478 g/mol. The first-order valence-electron chi connectivity index (χ1n) is 8.84. The van der Waals surface area contributed by atoms with Gasteiger partial charge < -0.3 is 5.32 Å². The van der Waals surface area contributed by atoms with Crippen LogP contribution in [0.15, 0.2) is 52.3 Å². The molecule has 0 radical (unpaired) electrons. The Morgan fingerprint density at radius 3 is 2.68 bits per heavy atom. The molecule has 1 unspecified atom stereocenters. The Labute approximate surface area is 190 Å². The van der Waals surface area contributed by atoms with Gasteiger partial charge in [-0.15, -0.1) is 0 Å². The van der Waals surface area contributed by atoms with Crippen molar-refractivity contribution in [3.63, 3.8) is 0 Å². The summed E-state index contributed by atoms with van der Waals surface area (Å²) in [4.78, 5) is 32.3. The number of nitro benzene ring substituents is 1. The van der Waals surface area contributed by atoms with Gasteiger partial charge in [0, 0.05) is 34.5 Å². The van der Waals surface area contributed by atoms with Gasteiger partial charge in [-0.3, -0.25) is 24.8 Å². The molecular weight excluding hydrogens is 467 g/mol. The molecule has 2 N–H and O–H groups in total. The first kappa shape index (κ1) is 21.1. The summed E-state index contributed by atoms with van der Waals surface area (Å²) in [6.45, 7) is 1.67. The third-order valence-corrected chi connectivity index (χ3v) is 5.64. The smallest absolute Gasteiger partial charge is 0.269 e. The Morgan fingerprint density at radius 2 is 1.94 bits per heavy atom. The molecule has 3 aromatic rings. The molecule has 0 bridgehead atoms. The largest absolute Gasteiger partial charge is 0.325 e. The van der Waals surface area contributed by atoms with Gasteiger partial charge in [-0.05, 0) is 25.1 Å². The van der Waals surface area contributed by atoms with Crippen LogP contribution in [0.1, 0.15) is 17.4 Å². The van der Waals surface area contributed by atoms with Crippen LogP contribution < -0.4 is 16.2 Å². The number of aryl methyl sites for hydroxylation is 1. The highest BCUT2D eigenvalue weighted by Crippen LogP contribution is 2.34. The molecule has 0 amide bonds. The second kappa shape index (κ2) is 8.18. The van der Waals surface area contributed by atoms with E-state index in [1.54, 1.807) is 25.1 Å². The van der Waals surface area contributed by atoms with Gasteiger partial charge in [0.25, 0.3) is 11.2 Å². The predicted octanol–water partition coefficient (Wildman–Crippen LogP) is 4.86. The van der Waals surface area contributed by atoms with E-state index in [2.05, 4.69) is 20.6 Å². The van der Waals surface area contributed by atoms with Crippen molar-refractivity contribution in [1.82, 2.24) is 9.55 Å². The third-order valence-electron chi connectivity index (χ3n) is 4.48. The molecule has 1 aromatic heterocycles. The minimum atomic E-state index is -1.01. The maximum atomic E-state index is 12.7. The summed E-state index contributed by atoms with van der Waals surface area (Å²) < 4.78 is 1.27. The van der Waals surface area contributed by atoms with Crippen LogP contribution in [0.2, 0.25) is 15.1 Å². The maximum Gasteiger partial charge on any atom is 0.269 e. The van der Waals surface area contributed by atoms with E-state index >= 15 is 0 Å². The second-order valence-corrected chi connectivity index (χ2v) is 7.79. The fraction of sp³-hybridized carbons (Fsp3) is 0.105. The molecule has 2 heterocycles. The molecule has 0 saturated heterocycles. The topological polar surface area (TPSA) is 114 Å². The molecule has 0 aliphatic carbocycles. The number of rotatable bonds is 3. The first-order chi connectivity index (χ1) is 14.7. The van der Waals surface area contributed by atoms with E-state index in [4.69, 9.17) is 34.8 Å². The lowest BCUT2D eigenvalue weighted by Gasteiger charge is -2.27. The van der Waals surface area contributed by atoms with Crippen LogP contribution >= 0.6 is 34.8 Å². The van der Waals surface area contributed by atoms with Gasteiger partial charge in [-0.25, -0.2) is 9.98 Å². The number of fused-ring (bicyclic) bond motifs is 1. The van der Waals surface area contributed by atoms with Crippen LogP contribution in [0.3, 0.4) is 0 Å². The van der Waals surface area contributed by atoms with E-state index in [1.165, 1.54) is 28.8 Å². The summed E-state index contributed by atoms with van der Waals surface area (Å²) in [6.07, 6.45) is -1.01. The van der Waals surface area contributed by atoms with Gasteiger partial charge in [0.1, 0.15) is 0 Å². The predicted molar refractivity (Wildman–Crippen MR) is 121 cm³/mol. The number of hydrogen-bond donors (Lipinski definition) is 2. The number of aromatic nitrogens is 2. The number of halogens is 3. The molecule has 31 heavy (non-hydrogen) atoms. The van der Waals surface area contributed by atoms with Crippen molar-refractivity contribution in [2.24, 2.45) is 4.99 Å². The average molecular weight is 480 g/mol. The third kappa shape index (κ3) is 4.07. The van der Waals surface area contributed by atoms with Crippen molar-refractivity contribution in [2.75, 3.05) is 10.6 Å². The highest BCUT2D eigenvalue weighted by molar-refractivity contribution is 6.44. The van der Waals surface area contributed by atoms with Crippen molar-refractivity contribution in [2.45, 2.75) is 13.1 Å². The molecule has 1 aliphatic heterocycles. The average Bonchev–Trinajstić information content (AvgIpc) is 2.70. The Morgan fingerprint density at radius 1 is 1.16 bits per heavy atom. The molecular formula is C19H13Cl3N6O3. The summed E-state index contributed by atoms with van der Waals surface area (Å²) >= 11 is 18.7. The number of anilines is 2. The molecule has 0 saturated carbocycles. The number of aliphatic imine (C=N–C) groups is 1. The van der Waals surface area contributed by atoms with Gasteiger partial charge in [0.15, 0.2) is 6.17 Å². The van der Waals surface area contributed by atoms with Crippen molar-refractivity contribution in [3.8, 4) is 0 Å². The quantitative estimate of drug-likeness (QED) is 0.409. The molecule has 9 nitrogen and oxygen atoms in total. The van der Waals surface area contributed by atoms with E-state index in [9.17, 15) is 14.9 Å². The van der Waals surface area contributed by atoms with Gasteiger partial charge >= 0.3 is 0 Å². The second-order valence-electron chi connectivity index (χ2n) is 6.60. The highest BCUT2D eigenvalue weighted by atomic mass is 35.5. The Balaban J connectivity index is 1.88. The summed E-state index contributed by atoms with van der Waals surface area (Å²) in [5.74, 6) is 0.391. The Bertz CT molecular complexity index is 1310. The zero-order chi connectivity index (χ0) is 22.3. The van der Waals surface area contributed by atoms with E-state index in [0.29, 0.717) is 16.4 Å². The molecule has 12 heteroatoms. The number of nitrogens with zero attached hydrogens (tertiary/aromatic N) is 4. The number of benzene rings is 2. The van der Waals surface area contributed by atoms with Crippen LogP contribution in [0.4, 0.5) is 17.3 Å². The van der Waals surface area contributed by atoms with Gasteiger partial charge in [-0.1, -0.05) is 40.9 Å². The number of hydrogen-bond acceptors (Lipinski definition) is 7. The molecule has 158 valence electrons. The fourth-order valence-corrected chi connectivity index (χ4v) is 3.65. The highest BCUT2D eigenvalue weighted by Gasteiger charge is 2.28. The molecule has 0 fully saturated rings. The van der Waals surface area contributed by atoms with Crippen molar-refractivity contribution >= 4 is 58.1 Å². The lowest BCUT2D eigenvalue weighted by molar-refractivity contribution is -0.384. The molecule has 1 atom stereocenters. The number of non-ortho nitro benzene ring substituents is 1. The van der Waals surface area contributed by atoms with E-state index in [0.717, 1.165) is 0 Å². The van der Waals surface area contributed by atoms with Gasteiger partial charge in [-0.2, -0.15) is 0 Å². The minimum absolute atomic E-state index is 0.185. The molecule has 4 rings (SSSR count). The summed E-state index contributed by atoms with van der Waals surface area (Å²) in [6, 6.07) is 10.3. The summed E-state index contributed by atoms with van der Waals surface area (Å²) in [7, 11) is 0. The van der Waals surface area contributed by atoms with Crippen molar-refractivity contribution in [1.29, 1.82) is 0 Å². The van der Waals surface area contributed by atoms with Crippen LogP contribution in [0.25, 0.3) is 0 Å². The zero-order valence-corrected chi connectivity index (χ0v) is 18.0. The number of nitro groups is 1. The number of guanidine groups is 1. The van der Waals surface area contributed by atoms with E-state index in [-0.39, 0.29) is 33.2 Å². The normalized spacial score (nSPS) is 15.0. The maximum absolute atomic E-state index is 12.7. The SMILES string of the molecule is Cc1cc(=O)n2c(n1)NC(Nc1cccc(Cl)c1Cl)=NC2c1cc([N+](=O)[O-])ccc1Cl. The summed E-state index contributed by atoms with van der Waals surface area (Å²) in [5.41, 5.74) is 0.631. The van der Waals surface area contributed by atoms with E-state index in [1.807, 2.05) is 0 Å². The minimum Gasteiger partial charge on any atom is -0.325 e. The summed E-state index contributed by atoms with van der Waals surface area (Å²) in [5, 5.41) is 18.1. The van der Waals surface area contributed by atoms with Crippen LogP contribution in [-0.2, 0) is 0 Å². The lowest BCUT2D eigenvalue weighted by atomic mass is 10.1.